The number of para-hydroxylation sites is 1. The van der Waals surface area contributed by atoms with Crippen molar-refractivity contribution in [2.45, 2.75) is 36.6 Å². The second-order valence-electron chi connectivity index (χ2n) is 10.4. The van der Waals surface area contributed by atoms with Crippen LogP contribution >= 0.6 is 23.2 Å². The fraction of sp³-hybridized carbons (Fsp3) is 0.367. The minimum absolute atomic E-state index is 0.00235. The van der Waals surface area contributed by atoms with Crippen molar-refractivity contribution >= 4 is 44.8 Å². The lowest BCUT2D eigenvalue weighted by Gasteiger charge is -2.35. The Balaban J connectivity index is 1.21. The van der Waals surface area contributed by atoms with Gasteiger partial charge in [0.1, 0.15) is 11.5 Å². The molecule has 0 aromatic heterocycles. The quantitative estimate of drug-likeness (QED) is 0.296. The third kappa shape index (κ3) is 7.93. The van der Waals surface area contributed by atoms with Crippen molar-refractivity contribution in [3.05, 3.63) is 82.3 Å². The molecule has 2 saturated heterocycles. The molecule has 2 heterocycles. The van der Waals surface area contributed by atoms with Crippen LogP contribution in [0.2, 0.25) is 10.0 Å². The molecule has 3 aromatic rings. The van der Waals surface area contributed by atoms with E-state index in [0.717, 1.165) is 58.5 Å². The van der Waals surface area contributed by atoms with Gasteiger partial charge in [-0.1, -0.05) is 35.3 Å². The minimum atomic E-state index is -4.00. The average molecular weight is 619 g/mol. The van der Waals surface area contributed by atoms with Crippen molar-refractivity contribution in [1.29, 1.82) is 0 Å². The highest BCUT2D eigenvalue weighted by Gasteiger charge is 2.26. The summed E-state index contributed by atoms with van der Waals surface area (Å²) in [4.78, 5) is 15.8. The summed E-state index contributed by atoms with van der Waals surface area (Å²) in [5, 5.41) is 3.86. The molecule has 11 heteroatoms. The van der Waals surface area contributed by atoms with Crippen molar-refractivity contribution in [1.82, 2.24) is 10.2 Å². The first-order valence-corrected chi connectivity index (χ1v) is 16.0. The van der Waals surface area contributed by atoms with Gasteiger partial charge < -0.3 is 19.7 Å². The number of rotatable bonds is 9. The highest BCUT2D eigenvalue weighted by molar-refractivity contribution is 7.92. The van der Waals surface area contributed by atoms with Crippen LogP contribution in [0.15, 0.2) is 71.6 Å². The molecule has 1 amide bonds. The Morgan fingerprint density at radius 1 is 0.951 bits per heavy atom. The molecule has 0 saturated carbocycles. The summed E-state index contributed by atoms with van der Waals surface area (Å²) in [5.41, 5.74) is 0.324. The molecule has 218 valence electrons. The summed E-state index contributed by atoms with van der Waals surface area (Å²) in [5.74, 6) is 1.20. The Kier molecular flexibility index (Phi) is 9.72. The molecule has 5 rings (SSSR count). The van der Waals surface area contributed by atoms with Gasteiger partial charge in [-0.05, 0) is 86.2 Å². The van der Waals surface area contributed by atoms with Gasteiger partial charge in [-0.25, -0.2) is 8.42 Å². The van der Waals surface area contributed by atoms with Crippen LogP contribution in [-0.4, -0.2) is 58.1 Å². The van der Waals surface area contributed by atoms with E-state index in [1.165, 1.54) is 24.3 Å². The van der Waals surface area contributed by atoms with Gasteiger partial charge in [0.25, 0.3) is 15.9 Å². The van der Waals surface area contributed by atoms with Gasteiger partial charge in [0.2, 0.25) is 0 Å². The summed E-state index contributed by atoms with van der Waals surface area (Å²) in [6, 6.07) is 17.5. The number of carbonyl (C=O) groups is 1. The van der Waals surface area contributed by atoms with E-state index in [1.54, 1.807) is 42.5 Å². The lowest BCUT2D eigenvalue weighted by molar-refractivity contribution is 0.0478. The van der Waals surface area contributed by atoms with E-state index >= 15 is 0 Å². The topological polar surface area (TPSA) is 97.0 Å². The predicted molar refractivity (Wildman–Crippen MR) is 161 cm³/mol. The van der Waals surface area contributed by atoms with Gasteiger partial charge in [0.15, 0.2) is 0 Å². The predicted octanol–water partition coefficient (Wildman–Crippen LogP) is 6.21. The summed E-state index contributed by atoms with van der Waals surface area (Å²) >= 11 is 12.3. The van der Waals surface area contributed by atoms with Crippen molar-refractivity contribution in [3.63, 3.8) is 0 Å². The fourth-order valence-corrected chi connectivity index (χ4v) is 6.58. The Labute approximate surface area is 251 Å². The molecular formula is C30H33Cl2N3O5S. The molecule has 2 fully saturated rings. The highest BCUT2D eigenvalue weighted by atomic mass is 35.5. The first-order chi connectivity index (χ1) is 19.8. The van der Waals surface area contributed by atoms with Crippen LogP contribution in [0.25, 0.3) is 0 Å². The third-order valence-corrected chi connectivity index (χ3v) is 9.38. The maximum absolute atomic E-state index is 13.3. The van der Waals surface area contributed by atoms with Crippen LogP contribution < -0.4 is 14.8 Å². The van der Waals surface area contributed by atoms with Crippen molar-refractivity contribution in [3.8, 4) is 11.5 Å². The van der Waals surface area contributed by atoms with E-state index in [1.807, 2.05) is 0 Å². The first kappa shape index (κ1) is 29.7. The molecule has 0 aliphatic carbocycles. The van der Waals surface area contributed by atoms with Crippen LogP contribution in [0.1, 0.15) is 36.0 Å². The van der Waals surface area contributed by atoms with Crippen molar-refractivity contribution < 1.29 is 22.7 Å². The van der Waals surface area contributed by atoms with Crippen molar-refractivity contribution in [2.75, 3.05) is 37.6 Å². The normalized spacial score (nSPS) is 17.2. The number of benzene rings is 3. The molecule has 8 nitrogen and oxygen atoms in total. The molecule has 0 spiro atoms. The Hall–Kier alpha value is -2.82. The third-order valence-electron chi connectivity index (χ3n) is 7.45. The number of sulfonamides is 1. The molecule has 41 heavy (non-hydrogen) atoms. The largest absolute Gasteiger partial charge is 0.456 e. The zero-order chi connectivity index (χ0) is 28.8. The number of amides is 1. The number of halogens is 2. The molecule has 0 unspecified atom stereocenters. The van der Waals surface area contributed by atoms with E-state index in [0.29, 0.717) is 27.5 Å². The van der Waals surface area contributed by atoms with E-state index in [-0.39, 0.29) is 28.1 Å². The second kappa shape index (κ2) is 13.4. The van der Waals surface area contributed by atoms with E-state index in [2.05, 4.69) is 14.9 Å². The maximum atomic E-state index is 13.3. The lowest BCUT2D eigenvalue weighted by atomic mass is 9.97. The van der Waals surface area contributed by atoms with Gasteiger partial charge in [0, 0.05) is 43.9 Å². The van der Waals surface area contributed by atoms with Crippen LogP contribution in [0.3, 0.4) is 0 Å². The SMILES string of the molecule is O=C(NC1CCN(CC2CCOCC2)CC1)c1cc(Cl)ccc1NS(=O)(=O)c1ccc(Oc2ccccc2Cl)cc1. The number of nitrogens with zero attached hydrogens (tertiary/aromatic N) is 1. The fourth-order valence-electron chi connectivity index (χ4n) is 5.16. The van der Waals surface area contributed by atoms with Gasteiger partial charge in [-0.2, -0.15) is 0 Å². The average Bonchev–Trinajstić information content (AvgIpc) is 2.97. The van der Waals surface area contributed by atoms with Gasteiger partial charge in [-0.15, -0.1) is 0 Å². The smallest absolute Gasteiger partial charge is 0.261 e. The standard InChI is InChI=1S/C30H33Cl2N3O5S/c31-22-5-10-28(34-41(37,38)25-8-6-24(7-9-25)40-29-4-2-1-3-27(29)32)26(19-22)30(36)33-23-11-15-35(16-12-23)20-21-13-17-39-18-14-21/h1-10,19,21,23,34H,11-18,20H2,(H,33,36). The Bertz CT molecular complexity index is 1460. The summed E-state index contributed by atoms with van der Waals surface area (Å²) in [6.07, 6.45) is 3.87. The van der Waals surface area contributed by atoms with Gasteiger partial charge in [0.05, 0.1) is 21.2 Å². The summed E-state index contributed by atoms with van der Waals surface area (Å²) in [7, 11) is -4.00. The maximum Gasteiger partial charge on any atom is 0.261 e. The van der Waals surface area contributed by atoms with E-state index in [4.69, 9.17) is 32.7 Å². The molecule has 2 N–H and O–H groups in total. The zero-order valence-electron chi connectivity index (χ0n) is 22.5. The number of ether oxygens (including phenoxy) is 2. The van der Waals surface area contributed by atoms with Crippen LogP contribution in [0.5, 0.6) is 11.5 Å². The molecule has 3 aromatic carbocycles. The molecule has 0 bridgehead atoms. The number of piperidine rings is 1. The minimum Gasteiger partial charge on any atom is -0.456 e. The van der Waals surface area contributed by atoms with E-state index < -0.39 is 10.0 Å². The number of likely N-dealkylation sites (tertiary alicyclic amines) is 1. The number of hydrogen-bond acceptors (Lipinski definition) is 6. The molecular weight excluding hydrogens is 585 g/mol. The zero-order valence-corrected chi connectivity index (χ0v) is 24.9. The molecule has 2 aliphatic heterocycles. The summed E-state index contributed by atoms with van der Waals surface area (Å²) in [6.45, 7) is 4.57. The van der Waals surface area contributed by atoms with Crippen LogP contribution in [-0.2, 0) is 14.8 Å². The Morgan fingerprint density at radius 2 is 1.66 bits per heavy atom. The van der Waals surface area contributed by atoms with E-state index in [9.17, 15) is 13.2 Å². The molecule has 0 radical (unpaired) electrons. The molecule has 2 aliphatic rings. The highest BCUT2D eigenvalue weighted by Crippen LogP contribution is 2.30. The Morgan fingerprint density at radius 3 is 2.37 bits per heavy atom. The summed E-state index contributed by atoms with van der Waals surface area (Å²) < 4.78 is 40.2. The first-order valence-electron chi connectivity index (χ1n) is 13.7. The number of hydrogen-bond donors (Lipinski definition) is 2. The van der Waals surface area contributed by atoms with Gasteiger partial charge in [-0.3, -0.25) is 9.52 Å². The number of anilines is 1. The van der Waals surface area contributed by atoms with Gasteiger partial charge >= 0.3 is 0 Å². The monoisotopic (exact) mass is 617 g/mol. The van der Waals surface area contributed by atoms with Crippen LogP contribution in [0.4, 0.5) is 5.69 Å². The second-order valence-corrected chi connectivity index (χ2v) is 12.9. The molecule has 0 atom stereocenters. The number of carbonyl (C=O) groups excluding carboxylic acids is 1. The lowest BCUT2D eigenvalue weighted by Crippen LogP contribution is -2.46. The van der Waals surface area contributed by atoms with Crippen molar-refractivity contribution in [2.24, 2.45) is 5.92 Å². The van der Waals surface area contributed by atoms with Crippen LogP contribution in [0, 0.1) is 5.92 Å². The number of nitrogens with one attached hydrogen (secondary N) is 2.